The number of hydrazine groups is 1. The van der Waals surface area contributed by atoms with Crippen molar-refractivity contribution >= 4 is 5.97 Å². The number of methoxy groups -OCH3 is 2. The highest BCUT2D eigenvalue weighted by Gasteiger charge is 2.31. The van der Waals surface area contributed by atoms with Crippen molar-refractivity contribution in [2.24, 2.45) is 11.8 Å². The van der Waals surface area contributed by atoms with Crippen molar-refractivity contribution in [1.82, 2.24) is 10.4 Å². The highest BCUT2D eigenvalue weighted by Crippen LogP contribution is 2.27. The number of hydrogen-bond donors (Lipinski definition) is 1. The minimum absolute atomic E-state index is 0.103. The van der Waals surface area contributed by atoms with Gasteiger partial charge >= 0.3 is 5.97 Å². The van der Waals surface area contributed by atoms with E-state index >= 15 is 0 Å². The van der Waals surface area contributed by atoms with Gasteiger partial charge in [-0.05, 0) is 31.1 Å². The Morgan fingerprint density at radius 2 is 2.08 bits per heavy atom. The van der Waals surface area contributed by atoms with Gasteiger partial charge in [-0.1, -0.05) is 40.0 Å². The van der Waals surface area contributed by atoms with Gasteiger partial charge in [0.2, 0.25) is 0 Å². The van der Waals surface area contributed by atoms with Gasteiger partial charge in [0.15, 0.2) is 0 Å². The van der Waals surface area contributed by atoms with Gasteiger partial charge in [0.1, 0.15) is 0 Å². The van der Waals surface area contributed by atoms with Crippen LogP contribution < -0.4 is 5.43 Å². The maximum Gasteiger partial charge on any atom is 0.305 e. The third-order valence-electron chi connectivity index (χ3n) is 5.37. The van der Waals surface area contributed by atoms with Gasteiger partial charge in [0.05, 0.1) is 13.7 Å². The lowest BCUT2D eigenvalue weighted by molar-refractivity contribution is -0.142. The van der Waals surface area contributed by atoms with Crippen LogP contribution in [0.3, 0.4) is 0 Å². The highest BCUT2D eigenvalue weighted by molar-refractivity contribution is 5.69. The fraction of sp³-hybridized carbons (Fsp3) is 0.947. The number of carbonyl (C=O) groups is 1. The molecule has 24 heavy (non-hydrogen) atoms. The summed E-state index contributed by atoms with van der Waals surface area (Å²) in [5.74, 6) is 0.688. The average Bonchev–Trinajstić information content (AvgIpc) is 3.00. The molecule has 0 aromatic heterocycles. The van der Waals surface area contributed by atoms with E-state index in [1.807, 2.05) is 0 Å². The first-order valence-electron chi connectivity index (χ1n) is 9.65. The molecule has 5 heteroatoms. The standard InChI is InChI=1S/C19H38N2O3/c1-6-8-11-18(17(7-2)15(3)13-19(22)24-5)20-21-12-9-10-16(21)14-23-4/h15-18,20H,6-14H2,1-5H3/t15-,16-,17-,18+/m0/s1. The van der Waals surface area contributed by atoms with Gasteiger partial charge in [0, 0.05) is 32.2 Å². The Labute approximate surface area is 148 Å². The molecule has 1 aliphatic rings. The number of nitrogens with one attached hydrogen (secondary N) is 1. The van der Waals surface area contributed by atoms with E-state index in [4.69, 9.17) is 9.47 Å². The molecular weight excluding hydrogens is 304 g/mol. The fourth-order valence-corrected chi connectivity index (χ4v) is 3.96. The predicted octanol–water partition coefficient (Wildman–Crippen LogP) is 3.39. The van der Waals surface area contributed by atoms with Gasteiger partial charge in [-0.15, -0.1) is 0 Å². The topological polar surface area (TPSA) is 50.8 Å². The SMILES string of the molecule is CCCC[C@@H](NN1CCC[C@H]1COC)[C@@H](CC)[C@@H](C)CC(=O)OC. The normalized spacial score (nSPS) is 22.3. The lowest BCUT2D eigenvalue weighted by atomic mass is 9.81. The monoisotopic (exact) mass is 342 g/mol. The van der Waals surface area contributed by atoms with E-state index < -0.39 is 0 Å². The van der Waals surface area contributed by atoms with Crippen molar-refractivity contribution in [3.8, 4) is 0 Å². The zero-order chi connectivity index (χ0) is 17.9. The molecule has 1 heterocycles. The second-order valence-electron chi connectivity index (χ2n) is 7.15. The van der Waals surface area contributed by atoms with Crippen molar-refractivity contribution in [1.29, 1.82) is 0 Å². The van der Waals surface area contributed by atoms with Crippen LogP contribution in [0.15, 0.2) is 0 Å². The Hall–Kier alpha value is -0.650. The van der Waals surface area contributed by atoms with Crippen LogP contribution in [0.4, 0.5) is 0 Å². The third kappa shape index (κ3) is 6.69. The van der Waals surface area contributed by atoms with Crippen LogP contribution in [0.5, 0.6) is 0 Å². The lowest BCUT2D eigenvalue weighted by Gasteiger charge is -2.37. The van der Waals surface area contributed by atoms with E-state index in [1.54, 1.807) is 7.11 Å². The summed E-state index contributed by atoms with van der Waals surface area (Å²) in [5, 5.41) is 2.39. The number of unbranched alkanes of at least 4 members (excludes halogenated alkanes) is 1. The Morgan fingerprint density at radius 1 is 1.33 bits per heavy atom. The molecule has 1 rings (SSSR count). The Morgan fingerprint density at radius 3 is 2.67 bits per heavy atom. The molecule has 1 fully saturated rings. The second kappa shape index (κ2) is 11.8. The summed E-state index contributed by atoms with van der Waals surface area (Å²) in [6.07, 6.45) is 7.54. The van der Waals surface area contributed by atoms with Crippen molar-refractivity contribution in [3.05, 3.63) is 0 Å². The van der Waals surface area contributed by atoms with Crippen LogP contribution in [-0.4, -0.2) is 50.4 Å². The zero-order valence-electron chi connectivity index (χ0n) is 16.3. The molecule has 0 amide bonds. The number of carbonyl (C=O) groups excluding carboxylic acids is 1. The van der Waals surface area contributed by atoms with Gasteiger partial charge in [-0.2, -0.15) is 0 Å². The maximum absolute atomic E-state index is 11.7. The largest absolute Gasteiger partial charge is 0.469 e. The van der Waals surface area contributed by atoms with E-state index in [-0.39, 0.29) is 5.97 Å². The van der Waals surface area contributed by atoms with Crippen molar-refractivity contribution in [2.45, 2.75) is 77.8 Å². The summed E-state index contributed by atoms with van der Waals surface area (Å²) >= 11 is 0. The van der Waals surface area contributed by atoms with Crippen LogP contribution in [0.2, 0.25) is 0 Å². The number of hydrogen-bond acceptors (Lipinski definition) is 5. The summed E-state index contributed by atoms with van der Waals surface area (Å²) < 4.78 is 10.2. The highest BCUT2D eigenvalue weighted by atomic mass is 16.5. The molecule has 1 saturated heterocycles. The summed E-state index contributed by atoms with van der Waals surface area (Å²) in [7, 11) is 3.25. The lowest BCUT2D eigenvalue weighted by Crippen LogP contribution is -2.52. The molecule has 0 spiro atoms. The second-order valence-corrected chi connectivity index (χ2v) is 7.15. The van der Waals surface area contributed by atoms with Crippen LogP contribution >= 0.6 is 0 Å². The van der Waals surface area contributed by atoms with Crippen LogP contribution in [0, 0.1) is 11.8 Å². The molecule has 5 nitrogen and oxygen atoms in total. The number of ether oxygens (including phenoxy) is 2. The van der Waals surface area contributed by atoms with E-state index in [1.165, 1.54) is 32.8 Å². The predicted molar refractivity (Wildman–Crippen MR) is 97.6 cm³/mol. The number of rotatable bonds is 12. The summed E-state index contributed by atoms with van der Waals surface area (Å²) in [6, 6.07) is 0.875. The third-order valence-corrected chi connectivity index (χ3v) is 5.37. The Balaban J connectivity index is 2.74. The Bertz CT molecular complexity index is 352. The van der Waals surface area contributed by atoms with Gasteiger partial charge in [-0.25, -0.2) is 5.01 Å². The molecule has 0 saturated carbocycles. The van der Waals surface area contributed by atoms with Crippen LogP contribution in [0.25, 0.3) is 0 Å². The van der Waals surface area contributed by atoms with Crippen LogP contribution in [-0.2, 0) is 14.3 Å². The first kappa shape index (κ1) is 21.4. The average molecular weight is 343 g/mol. The fourth-order valence-electron chi connectivity index (χ4n) is 3.96. The number of nitrogens with zero attached hydrogens (tertiary/aromatic N) is 1. The molecule has 0 unspecified atom stereocenters. The molecule has 1 N–H and O–H groups in total. The minimum atomic E-state index is -0.103. The van der Waals surface area contributed by atoms with Crippen LogP contribution in [0.1, 0.15) is 65.7 Å². The first-order chi connectivity index (χ1) is 11.6. The summed E-state index contributed by atoms with van der Waals surface area (Å²) in [4.78, 5) is 11.7. The molecule has 0 radical (unpaired) electrons. The van der Waals surface area contributed by atoms with E-state index in [0.717, 1.165) is 26.0 Å². The van der Waals surface area contributed by atoms with Crippen molar-refractivity contribution < 1.29 is 14.3 Å². The molecule has 0 aromatic rings. The Kier molecular flexibility index (Phi) is 10.5. The van der Waals surface area contributed by atoms with E-state index in [0.29, 0.717) is 30.3 Å². The first-order valence-corrected chi connectivity index (χ1v) is 9.65. The molecule has 1 aliphatic heterocycles. The molecule has 0 aromatic carbocycles. The minimum Gasteiger partial charge on any atom is -0.469 e. The molecule has 142 valence electrons. The van der Waals surface area contributed by atoms with Gasteiger partial charge in [-0.3, -0.25) is 10.2 Å². The van der Waals surface area contributed by atoms with Gasteiger partial charge < -0.3 is 9.47 Å². The quantitative estimate of drug-likeness (QED) is 0.551. The van der Waals surface area contributed by atoms with Crippen molar-refractivity contribution in [3.63, 3.8) is 0 Å². The summed E-state index contributed by atoms with van der Waals surface area (Å²) in [6.45, 7) is 8.51. The van der Waals surface area contributed by atoms with Crippen molar-refractivity contribution in [2.75, 3.05) is 27.4 Å². The smallest absolute Gasteiger partial charge is 0.305 e. The molecule has 0 bridgehead atoms. The summed E-state index contributed by atoms with van der Waals surface area (Å²) in [5.41, 5.74) is 3.81. The molecular formula is C19H38N2O3. The van der Waals surface area contributed by atoms with E-state index in [9.17, 15) is 4.79 Å². The number of esters is 1. The zero-order valence-corrected chi connectivity index (χ0v) is 16.3. The van der Waals surface area contributed by atoms with Gasteiger partial charge in [0.25, 0.3) is 0 Å². The molecule has 0 aliphatic carbocycles. The van der Waals surface area contributed by atoms with E-state index in [2.05, 4.69) is 31.2 Å². The maximum atomic E-state index is 11.7. The molecule has 4 atom stereocenters.